The van der Waals surface area contributed by atoms with Gasteiger partial charge in [-0.25, -0.2) is 13.8 Å². The van der Waals surface area contributed by atoms with Crippen molar-refractivity contribution in [3.8, 4) is 0 Å². The molecule has 0 spiro atoms. The number of halogens is 2. The highest BCUT2D eigenvalue weighted by molar-refractivity contribution is 5.98. The number of nitrogens with one attached hydrogen (secondary N) is 1. The van der Waals surface area contributed by atoms with E-state index < -0.39 is 17.5 Å². The van der Waals surface area contributed by atoms with Gasteiger partial charge in [0.15, 0.2) is 0 Å². The first-order valence-electron chi connectivity index (χ1n) is 5.25. The number of nitrogens with zero attached hydrogens (tertiary/aromatic N) is 1. The lowest BCUT2D eigenvalue weighted by Gasteiger charge is -2.08. The topological polar surface area (TPSA) is 94.0 Å². The molecule has 1 aromatic carbocycles. The zero-order valence-corrected chi connectivity index (χ0v) is 9.65. The summed E-state index contributed by atoms with van der Waals surface area (Å²) in [6.45, 7) is 0. The molecule has 0 aliphatic rings. The first kappa shape index (κ1) is 12.7. The Morgan fingerprint density at radius 3 is 2.63 bits per heavy atom. The lowest BCUT2D eigenvalue weighted by atomic mass is 10.2. The molecule has 7 heteroatoms. The van der Waals surface area contributed by atoms with Gasteiger partial charge in [0.05, 0.1) is 23.1 Å². The van der Waals surface area contributed by atoms with E-state index in [-0.39, 0.29) is 22.8 Å². The number of nitrogens with two attached hydrogens (primary N) is 2. The van der Waals surface area contributed by atoms with Crippen LogP contribution in [0.2, 0.25) is 0 Å². The minimum atomic E-state index is -0.778. The molecule has 0 atom stereocenters. The van der Waals surface area contributed by atoms with Gasteiger partial charge in [-0.3, -0.25) is 4.79 Å². The van der Waals surface area contributed by atoms with Crippen LogP contribution in [-0.2, 0) is 0 Å². The van der Waals surface area contributed by atoms with Crippen LogP contribution < -0.4 is 16.8 Å². The lowest BCUT2D eigenvalue weighted by Crippen LogP contribution is -2.14. The van der Waals surface area contributed by atoms with E-state index in [0.717, 1.165) is 12.1 Å². The second-order valence-electron chi connectivity index (χ2n) is 3.77. The van der Waals surface area contributed by atoms with Crippen molar-refractivity contribution in [3.63, 3.8) is 0 Å². The average molecular weight is 264 g/mol. The van der Waals surface area contributed by atoms with Crippen molar-refractivity contribution < 1.29 is 13.6 Å². The van der Waals surface area contributed by atoms with E-state index in [4.69, 9.17) is 11.5 Å². The number of hydrogen-bond acceptors (Lipinski definition) is 4. The SMILES string of the molecule is NC(=O)c1cc(Nc2ccc(F)cc2F)ncc1N. The zero-order valence-electron chi connectivity index (χ0n) is 9.65. The summed E-state index contributed by atoms with van der Waals surface area (Å²) in [5.41, 5.74) is 10.9. The highest BCUT2D eigenvalue weighted by Crippen LogP contribution is 2.21. The maximum absolute atomic E-state index is 13.4. The number of carbonyl (C=O) groups excluding carboxylic acids is 1. The summed E-state index contributed by atoms with van der Waals surface area (Å²) in [6, 6.07) is 4.33. The quantitative estimate of drug-likeness (QED) is 0.787. The van der Waals surface area contributed by atoms with Crippen LogP contribution in [0.25, 0.3) is 0 Å². The molecule has 2 aromatic rings. The van der Waals surface area contributed by atoms with E-state index in [0.29, 0.717) is 0 Å². The van der Waals surface area contributed by atoms with Crippen molar-refractivity contribution in [3.05, 3.63) is 47.7 Å². The predicted molar refractivity (Wildman–Crippen MR) is 66.8 cm³/mol. The normalized spacial score (nSPS) is 10.2. The van der Waals surface area contributed by atoms with E-state index in [1.54, 1.807) is 0 Å². The fourth-order valence-electron chi connectivity index (χ4n) is 1.48. The molecule has 1 amide bonds. The van der Waals surface area contributed by atoms with Gasteiger partial charge in [-0.15, -0.1) is 0 Å². The Hall–Kier alpha value is -2.70. The number of pyridine rings is 1. The van der Waals surface area contributed by atoms with Crippen molar-refractivity contribution >= 4 is 23.1 Å². The number of carbonyl (C=O) groups is 1. The minimum absolute atomic E-state index is 0.0223. The van der Waals surface area contributed by atoms with E-state index in [1.807, 2.05) is 0 Å². The molecular weight excluding hydrogens is 254 g/mol. The maximum atomic E-state index is 13.4. The summed E-state index contributed by atoms with van der Waals surface area (Å²) in [4.78, 5) is 15.0. The Balaban J connectivity index is 2.33. The number of rotatable bonds is 3. The fraction of sp³-hybridized carbons (Fsp3) is 0. The molecule has 1 aromatic heterocycles. The van der Waals surface area contributed by atoms with Crippen molar-refractivity contribution in [1.82, 2.24) is 4.98 Å². The Morgan fingerprint density at radius 1 is 1.26 bits per heavy atom. The van der Waals surface area contributed by atoms with Crippen molar-refractivity contribution in [2.75, 3.05) is 11.1 Å². The largest absolute Gasteiger partial charge is 0.397 e. The average Bonchev–Trinajstić information content (AvgIpc) is 2.34. The third-order valence-corrected chi connectivity index (χ3v) is 2.39. The Labute approximate surface area is 107 Å². The van der Waals surface area contributed by atoms with Crippen LogP contribution in [0.5, 0.6) is 0 Å². The molecular formula is C12H10F2N4O. The summed E-state index contributed by atoms with van der Waals surface area (Å²) in [5.74, 6) is -2.01. The molecule has 1 heterocycles. The third kappa shape index (κ3) is 2.76. The van der Waals surface area contributed by atoms with E-state index in [9.17, 15) is 13.6 Å². The number of nitrogen functional groups attached to an aromatic ring is 1. The van der Waals surface area contributed by atoms with Gasteiger partial charge in [-0.2, -0.15) is 0 Å². The molecule has 2 rings (SSSR count). The van der Waals surface area contributed by atoms with Gasteiger partial charge in [-0.05, 0) is 18.2 Å². The van der Waals surface area contributed by atoms with Gasteiger partial charge in [-0.1, -0.05) is 0 Å². The second kappa shape index (κ2) is 4.89. The Morgan fingerprint density at radius 2 is 2.00 bits per heavy atom. The molecule has 0 saturated heterocycles. The van der Waals surface area contributed by atoms with Crippen LogP contribution in [0.3, 0.4) is 0 Å². The monoisotopic (exact) mass is 264 g/mol. The number of benzene rings is 1. The van der Waals surface area contributed by atoms with Gasteiger partial charge in [0.25, 0.3) is 5.91 Å². The van der Waals surface area contributed by atoms with Gasteiger partial charge >= 0.3 is 0 Å². The molecule has 19 heavy (non-hydrogen) atoms. The summed E-state index contributed by atoms with van der Waals surface area (Å²) in [6.07, 6.45) is 1.23. The first-order chi connectivity index (χ1) is 8.97. The molecule has 0 fully saturated rings. The van der Waals surface area contributed by atoms with E-state index in [2.05, 4.69) is 10.3 Å². The third-order valence-electron chi connectivity index (χ3n) is 2.39. The van der Waals surface area contributed by atoms with Crippen molar-refractivity contribution in [2.24, 2.45) is 5.73 Å². The molecule has 0 saturated carbocycles. The van der Waals surface area contributed by atoms with Gasteiger partial charge in [0, 0.05) is 6.07 Å². The van der Waals surface area contributed by atoms with Crippen LogP contribution in [0.15, 0.2) is 30.5 Å². The smallest absolute Gasteiger partial charge is 0.250 e. The molecule has 0 bridgehead atoms. The number of amides is 1. The Bertz CT molecular complexity index is 646. The number of primary amides is 1. The Kier molecular flexibility index (Phi) is 3.28. The van der Waals surface area contributed by atoms with Crippen LogP contribution >= 0.6 is 0 Å². The van der Waals surface area contributed by atoms with Crippen LogP contribution in [0, 0.1) is 11.6 Å². The summed E-state index contributed by atoms with van der Waals surface area (Å²) in [7, 11) is 0. The van der Waals surface area contributed by atoms with E-state index in [1.165, 1.54) is 18.3 Å². The highest BCUT2D eigenvalue weighted by Gasteiger charge is 2.09. The van der Waals surface area contributed by atoms with E-state index >= 15 is 0 Å². The molecule has 0 aliphatic carbocycles. The van der Waals surface area contributed by atoms with Gasteiger partial charge in [0.2, 0.25) is 0 Å². The molecule has 5 nitrogen and oxygen atoms in total. The number of aromatic nitrogens is 1. The highest BCUT2D eigenvalue weighted by atomic mass is 19.1. The van der Waals surface area contributed by atoms with Crippen molar-refractivity contribution in [2.45, 2.75) is 0 Å². The lowest BCUT2D eigenvalue weighted by molar-refractivity contribution is 0.100. The number of anilines is 3. The second-order valence-corrected chi connectivity index (χ2v) is 3.77. The molecule has 5 N–H and O–H groups in total. The van der Waals surface area contributed by atoms with Gasteiger partial charge in [0.1, 0.15) is 17.5 Å². The minimum Gasteiger partial charge on any atom is -0.397 e. The van der Waals surface area contributed by atoms with Crippen molar-refractivity contribution in [1.29, 1.82) is 0 Å². The first-order valence-corrected chi connectivity index (χ1v) is 5.25. The molecule has 0 radical (unpaired) electrons. The number of hydrogen-bond donors (Lipinski definition) is 3. The standard InChI is InChI=1S/C12H10F2N4O/c13-6-1-2-10(8(14)3-6)18-11-4-7(12(16)19)9(15)5-17-11/h1-5H,15H2,(H2,16,19)(H,17,18). The summed E-state index contributed by atoms with van der Waals surface area (Å²) < 4.78 is 26.2. The summed E-state index contributed by atoms with van der Waals surface area (Å²) >= 11 is 0. The molecule has 98 valence electrons. The van der Waals surface area contributed by atoms with Crippen LogP contribution in [0.1, 0.15) is 10.4 Å². The molecule has 0 unspecified atom stereocenters. The van der Waals surface area contributed by atoms with Crippen LogP contribution in [0.4, 0.5) is 26.0 Å². The predicted octanol–water partition coefficient (Wildman–Crippen LogP) is 1.78. The fourth-order valence-corrected chi connectivity index (χ4v) is 1.48. The molecule has 0 aliphatic heterocycles. The van der Waals surface area contributed by atoms with Crippen LogP contribution in [-0.4, -0.2) is 10.9 Å². The summed E-state index contributed by atoms with van der Waals surface area (Å²) in [5, 5.41) is 2.61. The maximum Gasteiger partial charge on any atom is 0.250 e. The van der Waals surface area contributed by atoms with Gasteiger partial charge < -0.3 is 16.8 Å². The zero-order chi connectivity index (χ0) is 14.0.